The molecule has 3 saturated heterocycles. The number of piperidine rings is 1. The van der Waals surface area contributed by atoms with Crippen molar-refractivity contribution in [1.29, 1.82) is 0 Å². The molecule has 3 unspecified atom stereocenters. The average molecular weight is 257 g/mol. The molecular formula is C13H23NO2S. The van der Waals surface area contributed by atoms with Crippen molar-refractivity contribution in [1.82, 2.24) is 4.90 Å². The van der Waals surface area contributed by atoms with Crippen LogP contribution in [-0.2, 0) is 0 Å². The third-order valence-corrected chi connectivity index (χ3v) is 6.77. The monoisotopic (exact) mass is 257 g/mol. The predicted octanol–water partition coefficient (Wildman–Crippen LogP) is 1.09. The van der Waals surface area contributed by atoms with Crippen molar-refractivity contribution in [2.24, 2.45) is 5.41 Å². The fraction of sp³-hybridized carbons (Fsp3) is 1.00. The quantitative estimate of drug-likeness (QED) is 0.777. The summed E-state index contributed by atoms with van der Waals surface area (Å²) in [5.41, 5.74) is -0.844. The summed E-state index contributed by atoms with van der Waals surface area (Å²) in [6, 6.07) is 1.07. The molecule has 3 atom stereocenters. The van der Waals surface area contributed by atoms with Crippen LogP contribution in [0.2, 0.25) is 0 Å². The van der Waals surface area contributed by atoms with Crippen LogP contribution < -0.4 is 0 Å². The van der Waals surface area contributed by atoms with Crippen LogP contribution >= 0.6 is 11.8 Å². The molecule has 0 radical (unpaired) electrons. The number of nitrogens with zero attached hydrogens (tertiary/aromatic N) is 1. The molecule has 3 nitrogen and oxygen atoms in total. The zero-order valence-corrected chi connectivity index (χ0v) is 11.4. The molecule has 4 heteroatoms. The van der Waals surface area contributed by atoms with Gasteiger partial charge in [-0.3, -0.25) is 0 Å². The molecule has 3 aliphatic rings. The number of rotatable bonds is 2. The fourth-order valence-corrected chi connectivity index (χ4v) is 5.70. The first kappa shape index (κ1) is 12.3. The predicted molar refractivity (Wildman–Crippen MR) is 70.2 cm³/mol. The highest BCUT2D eigenvalue weighted by atomic mass is 32.2. The van der Waals surface area contributed by atoms with Gasteiger partial charge in [0.05, 0.1) is 12.2 Å². The Balaban J connectivity index is 1.86. The second-order valence-electron chi connectivity index (χ2n) is 6.23. The molecular weight excluding hydrogens is 234 g/mol. The standard InChI is InChI=1S/C13H23NO2S/c1-14-10-2-3-11(14)7-13(16,6-10)12(8-15)4-5-17-9-12/h10-11,15-16H,2-9H2,1H3. The summed E-state index contributed by atoms with van der Waals surface area (Å²) in [4.78, 5) is 2.45. The van der Waals surface area contributed by atoms with E-state index in [1.54, 1.807) is 0 Å². The molecule has 0 spiro atoms. The summed E-state index contributed by atoms with van der Waals surface area (Å²) in [6.07, 6.45) is 5.15. The second-order valence-corrected chi connectivity index (χ2v) is 7.34. The minimum Gasteiger partial charge on any atom is -0.396 e. The van der Waals surface area contributed by atoms with E-state index in [1.165, 1.54) is 12.8 Å². The first-order valence-corrected chi connectivity index (χ1v) is 7.89. The van der Waals surface area contributed by atoms with E-state index in [1.807, 2.05) is 11.8 Å². The van der Waals surface area contributed by atoms with E-state index in [9.17, 15) is 10.2 Å². The lowest BCUT2D eigenvalue weighted by Crippen LogP contribution is -2.59. The van der Waals surface area contributed by atoms with Crippen LogP contribution in [0.4, 0.5) is 0 Å². The number of aliphatic hydroxyl groups is 2. The largest absolute Gasteiger partial charge is 0.396 e. The highest BCUT2D eigenvalue weighted by molar-refractivity contribution is 7.99. The summed E-state index contributed by atoms with van der Waals surface area (Å²) in [6.45, 7) is 0.152. The van der Waals surface area contributed by atoms with E-state index in [0.717, 1.165) is 30.8 Å². The second kappa shape index (κ2) is 4.12. The van der Waals surface area contributed by atoms with Gasteiger partial charge in [0.1, 0.15) is 0 Å². The Morgan fingerprint density at radius 1 is 1.29 bits per heavy atom. The van der Waals surface area contributed by atoms with Crippen molar-refractivity contribution in [2.45, 2.75) is 49.8 Å². The van der Waals surface area contributed by atoms with Crippen LogP contribution in [0.3, 0.4) is 0 Å². The van der Waals surface area contributed by atoms with E-state index < -0.39 is 5.60 Å². The number of hydrogen-bond acceptors (Lipinski definition) is 4. The maximum absolute atomic E-state index is 11.1. The van der Waals surface area contributed by atoms with Crippen molar-refractivity contribution in [2.75, 3.05) is 25.2 Å². The van der Waals surface area contributed by atoms with Gasteiger partial charge in [-0.2, -0.15) is 11.8 Å². The Bertz CT molecular complexity index is 290. The molecule has 0 saturated carbocycles. The maximum atomic E-state index is 11.1. The van der Waals surface area contributed by atoms with Crippen LogP contribution in [-0.4, -0.2) is 58.0 Å². The lowest BCUT2D eigenvalue weighted by atomic mass is 9.65. The van der Waals surface area contributed by atoms with Gasteiger partial charge in [0, 0.05) is 23.3 Å². The first-order chi connectivity index (χ1) is 8.10. The van der Waals surface area contributed by atoms with Gasteiger partial charge in [-0.1, -0.05) is 0 Å². The Hall–Kier alpha value is 0.230. The molecule has 0 aromatic heterocycles. The maximum Gasteiger partial charge on any atom is 0.0763 e. The van der Waals surface area contributed by atoms with Gasteiger partial charge in [-0.25, -0.2) is 0 Å². The normalized spacial score (nSPS) is 51.0. The Kier molecular flexibility index (Phi) is 2.97. The molecule has 2 bridgehead atoms. The summed E-state index contributed by atoms with van der Waals surface area (Å²) in [5, 5.41) is 20.9. The van der Waals surface area contributed by atoms with E-state index in [4.69, 9.17) is 0 Å². The van der Waals surface area contributed by atoms with Crippen LogP contribution in [0, 0.1) is 5.41 Å². The van der Waals surface area contributed by atoms with Gasteiger partial charge in [-0.15, -0.1) is 0 Å². The minimum atomic E-state index is -0.621. The molecule has 3 aliphatic heterocycles. The Morgan fingerprint density at radius 2 is 1.94 bits per heavy atom. The molecule has 3 heterocycles. The van der Waals surface area contributed by atoms with Gasteiger partial charge < -0.3 is 15.1 Å². The number of fused-ring (bicyclic) bond motifs is 2. The molecule has 0 amide bonds. The highest BCUT2D eigenvalue weighted by Crippen LogP contribution is 2.53. The van der Waals surface area contributed by atoms with Gasteiger partial charge in [0.2, 0.25) is 0 Å². The summed E-state index contributed by atoms with van der Waals surface area (Å²) in [5.74, 6) is 2.02. The zero-order chi connectivity index (χ0) is 12.1. The Morgan fingerprint density at radius 3 is 2.41 bits per heavy atom. The van der Waals surface area contributed by atoms with Crippen molar-refractivity contribution in [3.63, 3.8) is 0 Å². The number of hydrogen-bond donors (Lipinski definition) is 2. The summed E-state index contributed by atoms with van der Waals surface area (Å²) in [7, 11) is 2.19. The van der Waals surface area contributed by atoms with Crippen LogP contribution in [0.25, 0.3) is 0 Å². The topological polar surface area (TPSA) is 43.7 Å². The molecule has 3 fully saturated rings. The molecule has 0 aliphatic carbocycles. The number of thioether (sulfide) groups is 1. The smallest absolute Gasteiger partial charge is 0.0763 e. The van der Waals surface area contributed by atoms with Crippen LogP contribution in [0.15, 0.2) is 0 Å². The van der Waals surface area contributed by atoms with Crippen molar-refractivity contribution < 1.29 is 10.2 Å². The fourth-order valence-electron chi connectivity index (χ4n) is 4.12. The van der Waals surface area contributed by atoms with Crippen molar-refractivity contribution >= 4 is 11.8 Å². The lowest BCUT2D eigenvalue weighted by molar-refractivity contribution is -0.141. The van der Waals surface area contributed by atoms with E-state index in [0.29, 0.717) is 12.1 Å². The zero-order valence-electron chi connectivity index (χ0n) is 10.6. The van der Waals surface area contributed by atoms with Gasteiger partial charge in [0.15, 0.2) is 0 Å². The van der Waals surface area contributed by atoms with E-state index in [2.05, 4.69) is 11.9 Å². The highest BCUT2D eigenvalue weighted by Gasteiger charge is 2.57. The van der Waals surface area contributed by atoms with Gasteiger partial charge in [-0.05, 0) is 44.9 Å². The molecule has 3 rings (SSSR count). The molecule has 2 N–H and O–H groups in total. The third kappa shape index (κ3) is 1.68. The van der Waals surface area contributed by atoms with Crippen molar-refractivity contribution in [3.8, 4) is 0 Å². The van der Waals surface area contributed by atoms with E-state index in [-0.39, 0.29) is 12.0 Å². The SMILES string of the molecule is CN1C2CCC1CC(O)(C1(CO)CCSC1)C2. The molecule has 0 aromatic carbocycles. The average Bonchev–Trinajstić information content (AvgIpc) is 2.87. The number of aliphatic hydroxyl groups excluding tert-OH is 1. The van der Waals surface area contributed by atoms with Gasteiger partial charge in [0.25, 0.3) is 0 Å². The molecule has 98 valence electrons. The lowest BCUT2D eigenvalue weighted by Gasteiger charge is -2.51. The van der Waals surface area contributed by atoms with Crippen molar-refractivity contribution in [3.05, 3.63) is 0 Å². The molecule has 17 heavy (non-hydrogen) atoms. The summed E-state index contributed by atoms with van der Waals surface area (Å²) < 4.78 is 0. The molecule has 0 aromatic rings. The third-order valence-electron chi connectivity index (χ3n) is 5.52. The first-order valence-electron chi connectivity index (χ1n) is 6.73. The van der Waals surface area contributed by atoms with Gasteiger partial charge >= 0.3 is 0 Å². The summed E-state index contributed by atoms with van der Waals surface area (Å²) >= 11 is 1.89. The van der Waals surface area contributed by atoms with Crippen LogP contribution in [0.5, 0.6) is 0 Å². The van der Waals surface area contributed by atoms with E-state index >= 15 is 0 Å². The van der Waals surface area contributed by atoms with Crippen LogP contribution in [0.1, 0.15) is 32.1 Å². The Labute approximate surface area is 108 Å². The minimum absolute atomic E-state index is 0.152.